The van der Waals surface area contributed by atoms with Gasteiger partial charge in [-0.15, -0.1) is 0 Å². The molecule has 0 N–H and O–H groups in total. The third-order valence-electron chi connectivity index (χ3n) is 5.13. The molecule has 0 radical (unpaired) electrons. The largest absolute Gasteiger partial charge is 0.472 e. The summed E-state index contributed by atoms with van der Waals surface area (Å²) in [5.74, 6) is 2.23. The number of anilines is 3. The van der Waals surface area contributed by atoms with E-state index < -0.39 is 0 Å². The van der Waals surface area contributed by atoms with E-state index in [0.29, 0.717) is 31.6 Å². The summed E-state index contributed by atoms with van der Waals surface area (Å²) in [6.07, 6.45) is 8.04. The average Bonchev–Trinajstić information content (AvgIpc) is 3.23. The zero-order valence-electron chi connectivity index (χ0n) is 16.1. The SMILES string of the molecule is c1cncc(COc2nc(N3CCOCC3)nc3c2CCN3c2cccnc2)c1. The highest BCUT2D eigenvalue weighted by atomic mass is 16.5. The van der Waals surface area contributed by atoms with E-state index in [1.165, 1.54) is 0 Å². The van der Waals surface area contributed by atoms with E-state index in [1.807, 2.05) is 30.6 Å². The van der Waals surface area contributed by atoms with Crippen LogP contribution in [0.3, 0.4) is 0 Å². The molecule has 1 fully saturated rings. The number of ether oxygens (including phenoxy) is 2. The molecule has 0 atom stereocenters. The molecule has 0 spiro atoms. The molecule has 3 aromatic rings. The van der Waals surface area contributed by atoms with Crippen LogP contribution in [0.5, 0.6) is 5.88 Å². The van der Waals surface area contributed by atoms with Crippen molar-refractivity contribution < 1.29 is 9.47 Å². The minimum atomic E-state index is 0.423. The average molecular weight is 390 g/mol. The number of hydrogen-bond acceptors (Lipinski definition) is 8. The summed E-state index contributed by atoms with van der Waals surface area (Å²) in [5, 5.41) is 0. The lowest BCUT2D eigenvalue weighted by atomic mass is 10.2. The van der Waals surface area contributed by atoms with Crippen LogP contribution in [0.4, 0.5) is 17.5 Å². The molecular weight excluding hydrogens is 368 g/mol. The highest BCUT2D eigenvalue weighted by Crippen LogP contribution is 2.38. The molecule has 1 saturated heterocycles. The monoisotopic (exact) mass is 390 g/mol. The van der Waals surface area contributed by atoms with Crippen molar-refractivity contribution in [3.8, 4) is 5.88 Å². The quantitative estimate of drug-likeness (QED) is 0.657. The van der Waals surface area contributed by atoms with Crippen LogP contribution in [0.2, 0.25) is 0 Å². The Labute approximate surface area is 169 Å². The van der Waals surface area contributed by atoms with E-state index in [0.717, 1.165) is 48.7 Å². The van der Waals surface area contributed by atoms with E-state index in [1.54, 1.807) is 12.4 Å². The summed E-state index contributed by atoms with van der Waals surface area (Å²) in [6, 6.07) is 7.90. The van der Waals surface area contributed by atoms with Crippen LogP contribution in [0.15, 0.2) is 49.1 Å². The molecule has 3 aromatic heterocycles. The van der Waals surface area contributed by atoms with Crippen molar-refractivity contribution >= 4 is 17.5 Å². The lowest BCUT2D eigenvalue weighted by Gasteiger charge is -2.28. The van der Waals surface area contributed by atoms with Gasteiger partial charge in [-0.1, -0.05) is 6.07 Å². The van der Waals surface area contributed by atoms with Gasteiger partial charge in [0.1, 0.15) is 12.4 Å². The molecule has 0 saturated carbocycles. The Morgan fingerprint density at radius 3 is 2.55 bits per heavy atom. The van der Waals surface area contributed by atoms with Gasteiger partial charge in [-0.2, -0.15) is 9.97 Å². The van der Waals surface area contributed by atoms with Crippen LogP contribution in [0.1, 0.15) is 11.1 Å². The van der Waals surface area contributed by atoms with Gasteiger partial charge in [-0.05, 0) is 24.6 Å². The molecule has 0 unspecified atom stereocenters. The van der Waals surface area contributed by atoms with E-state index in [4.69, 9.17) is 19.4 Å². The molecule has 5 rings (SSSR count). The number of morpholine rings is 1. The highest BCUT2D eigenvalue weighted by Gasteiger charge is 2.29. The standard InChI is InChI=1S/C21H22N6O2/c1-3-16(13-22-6-1)15-29-20-18-5-8-27(17-4-2-7-23-14-17)19(18)24-21(25-20)26-9-11-28-12-10-26/h1-4,6-7,13-14H,5,8-12,15H2. The third-order valence-corrected chi connectivity index (χ3v) is 5.13. The van der Waals surface area contributed by atoms with Gasteiger partial charge in [0, 0.05) is 43.8 Å². The summed E-state index contributed by atoms with van der Waals surface area (Å²) >= 11 is 0. The first-order chi connectivity index (χ1) is 14.4. The van der Waals surface area contributed by atoms with Gasteiger partial charge >= 0.3 is 0 Å². The normalized spacial score (nSPS) is 16.0. The minimum Gasteiger partial charge on any atom is -0.472 e. The van der Waals surface area contributed by atoms with Crippen LogP contribution in [-0.2, 0) is 17.8 Å². The van der Waals surface area contributed by atoms with Crippen molar-refractivity contribution in [1.29, 1.82) is 0 Å². The fourth-order valence-electron chi connectivity index (χ4n) is 3.64. The molecule has 0 aliphatic carbocycles. The zero-order chi connectivity index (χ0) is 19.5. The number of aromatic nitrogens is 4. The summed E-state index contributed by atoms with van der Waals surface area (Å²) in [6.45, 7) is 4.15. The first-order valence-electron chi connectivity index (χ1n) is 9.81. The lowest BCUT2D eigenvalue weighted by Crippen LogP contribution is -2.37. The van der Waals surface area contributed by atoms with Crippen LogP contribution < -0.4 is 14.5 Å². The van der Waals surface area contributed by atoms with E-state index >= 15 is 0 Å². The second kappa shape index (κ2) is 8.00. The number of nitrogens with zero attached hydrogens (tertiary/aromatic N) is 6. The first kappa shape index (κ1) is 17.8. The van der Waals surface area contributed by atoms with Crippen molar-refractivity contribution in [1.82, 2.24) is 19.9 Å². The third kappa shape index (κ3) is 3.71. The molecule has 5 heterocycles. The van der Waals surface area contributed by atoms with Crippen LogP contribution >= 0.6 is 0 Å². The second-order valence-electron chi connectivity index (χ2n) is 6.99. The number of pyridine rings is 2. The maximum absolute atomic E-state index is 6.16. The molecule has 0 bridgehead atoms. The number of hydrogen-bond donors (Lipinski definition) is 0. The molecule has 0 amide bonds. The Kier molecular flexibility index (Phi) is 4.92. The van der Waals surface area contributed by atoms with E-state index in [-0.39, 0.29) is 0 Å². The predicted molar refractivity (Wildman–Crippen MR) is 109 cm³/mol. The summed E-state index contributed by atoms with van der Waals surface area (Å²) in [5.41, 5.74) is 3.07. The molecule has 2 aliphatic rings. The van der Waals surface area contributed by atoms with Crippen LogP contribution in [0.25, 0.3) is 0 Å². The van der Waals surface area contributed by atoms with Crippen molar-refractivity contribution in [3.63, 3.8) is 0 Å². The van der Waals surface area contributed by atoms with Gasteiger partial charge in [0.15, 0.2) is 0 Å². The van der Waals surface area contributed by atoms with Crippen molar-refractivity contribution in [2.75, 3.05) is 42.6 Å². The predicted octanol–water partition coefficient (Wildman–Crippen LogP) is 2.38. The van der Waals surface area contributed by atoms with Gasteiger partial charge in [-0.25, -0.2) is 0 Å². The summed E-state index contributed by atoms with van der Waals surface area (Å²) in [4.78, 5) is 22.5. The van der Waals surface area contributed by atoms with Crippen molar-refractivity contribution in [2.24, 2.45) is 0 Å². The van der Waals surface area contributed by atoms with Gasteiger partial charge in [0.2, 0.25) is 11.8 Å². The molecular formula is C21H22N6O2. The number of fused-ring (bicyclic) bond motifs is 1. The van der Waals surface area contributed by atoms with E-state index in [9.17, 15) is 0 Å². The van der Waals surface area contributed by atoms with E-state index in [2.05, 4.69) is 25.8 Å². The fourth-order valence-corrected chi connectivity index (χ4v) is 3.64. The Morgan fingerprint density at radius 1 is 0.966 bits per heavy atom. The van der Waals surface area contributed by atoms with Crippen LogP contribution in [-0.4, -0.2) is 52.8 Å². The maximum atomic E-state index is 6.16. The van der Waals surface area contributed by atoms with Gasteiger partial charge in [0.05, 0.1) is 30.7 Å². The Morgan fingerprint density at radius 2 is 1.79 bits per heavy atom. The van der Waals surface area contributed by atoms with Crippen molar-refractivity contribution in [3.05, 3.63) is 60.2 Å². The fraction of sp³-hybridized carbons (Fsp3) is 0.333. The lowest BCUT2D eigenvalue weighted by molar-refractivity contribution is 0.122. The maximum Gasteiger partial charge on any atom is 0.230 e. The zero-order valence-corrected chi connectivity index (χ0v) is 16.1. The topological polar surface area (TPSA) is 76.5 Å². The van der Waals surface area contributed by atoms with Crippen LogP contribution in [0, 0.1) is 0 Å². The summed E-state index contributed by atoms with van der Waals surface area (Å²) in [7, 11) is 0. The minimum absolute atomic E-state index is 0.423. The molecule has 8 nitrogen and oxygen atoms in total. The number of rotatable bonds is 5. The molecule has 0 aromatic carbocycles. The molecule has 148 valence electrons. The highest BCUT2D eigenvalue weighted by molar-refractivity contribution is 5.69. The second-order valence-corrected chi connectivity index (χ2v) is 6.99. The van der Waals surface area contributed by atoms with Gasteiger partial charge in [0.25, 0.3) is 0 Å². The Hall–Kier alpha value is -3.26. The molecule has 2 aliphatic heterocycles. The van der Waals surface area contributed by atoms with Gasteiger partial charge < -0.3 is 19.3 Å². The van der Waals surface area contributed by atoms with Crippen molar-refractivity contribution in [2.45, 2.75) is 13.0 Å². The molecule has 8 heteroatoms. The molecule has 29 heavy (non-hydrogen) atoms. The Bertz CT molecular complexity index is 964. The smallest absolute Gasteiger partial charge is 0.230 e. The van der Waals surface area contributed by atoms with Gasteiger partial charge in [-0.3, -0.25) is 9.97 Å². The Balaban J connectivity index is 1.50. The summed E-state index contributed by atoms with van der Waals surface area (Å²) < 4.78 is 11.6. The first-order valence-corrected chi connectivity index (χ1v) is 9.81.